The Hall–Kier alpha value is -1.89. The largest absolute Gasteiger partial charge is 0.480 e. The number of esters is 1. The molecule has 0 saturated heterocycles. The Labute approximate surface area is 302 Å². The van der Waals surface area contributed by atoms with Crippen LogP contribution in [0.2, 0.25) is 0 Å². The minimum atomic E-state index is -1.10. The molecule has 0 bridgehead atoms. The van der Waals surface area contributed by atoms with Crippen molar-refractivity contribution in [3.8, 4) is 0 Å². The van der Waals surface area contributed by atoms with Gasteiger partial charge < -0.3 is 20.9 Å². The molecule has 0 aromatic rings. The molecule has 2 atom stereocenters. The molecular formula is C42H80N2O5. The van der Waals surface area contributed by atoms with E-state index < -0.39 is 30.0 Å². The molecule has 2 unspecified atom stereocenters. The van der Waals surface area contributed by atoms with E-state index in [1.54, 1.807) is 0 Å². The van der Waals surface area contributed by atoms with Crippen LogP contribution in [0.3, 0.4) is 0 Å². The van der Waals surface area contributed by atoms with E-state index >= 15 is 0 Å². The summed E-state index contributed by atoms with van der Waals surface area (Å²) in [5.74, 6) is -2.09. The number of carboxylic acid groups (broad SMARTS) is 1. The van der Waals surface area contributed by atoms with Crippen LogP contribution in [-0.2, 0) is 19.1 Å². The molecule has 0 fully saturated rings. The van der Waals surface area contributed by atoms with Crippen molar-refractivity contribution >= 4 is 17.8 Å². The summed E-state index contributed by atoms with van der Waals surface area (Å²) in [5.41, 5.74) is 6.39. The number of hydrogen-bond donors (Lipinski definition) is 3. The third kappa shape index (κ3) is 31.8. The Balaban J connectivity index is 4.40. The molecule has 0 aromatic carbocycles. The van der Waals surface area contributed by atoms with Crippen molar-refractivity contribution in [2.24, 2.45) is 5.73 Å². The monoisotopic (exact) mass is 693 g/mol. The zero-order valence-corrected chi connectivity index (χ0v) is 32.4. The summed E-state index contributed by atoms with van der Waals surface area (Å²) < 4.78 is 5.67. The highest BCUT2D eigenvalue weighted by Crippen LogP contribution is 2.18. The van der Waals surface area contributed by atoms with E-state index in [4.69, 9.17) is 10.5 Å². The van der Waals surface area contributed by atoms with Crippen molar-refractivity contribution in [2.45, 2.75) is 231 Å². The fourth-order valence-corrected chi connectivity index (χ4v) is 6.50. The Bertz CT molecular complexity index is 802. The Kier molecular flexibility index (Phi) is 34.5. The number of nitrogens with one attached hydrogen (secondary N) is 1. The van der Waals surface area contributed by atoms with Crippen molar-refractivity contribution in [1.29, 1.82) is 0 Å². The van der Waals surface area contributed by atoms with E-state index in [0.717, 1.165) is 44.1 Å². The molecule has 0 aliphatic heterocycles. The summed E-state index contributed by atoms with van der Waals surface area (Å²) >= 11 is 0. The lowest BCUT2D eigenvalue weighted by atomic mass is 10.0. The maximum atomic E-state index is 13.1. The van der Waals surface area contributed by atoms with E-state index in [9.17, 15) is 19.5 Å². The topological polar surface area (TPSA) is 119 Å². The summed E-state index contributed by atoms with van der Waals surface area (Å²) in [5, 5.41) is 12.2. The summed E-state index contributed by atoms with van der Waals surface area (Å²) in [6.45, 7) is 8.96. The van der Waals surface area contributed by atoms with Gasteiger partial charge in [0.05, 0.1) is 6.42 Å². The lowest BCUT2D eigenvalue weighted by Gasteiger charge is -2.21. The van der Waals surface area contributed by atoms with Crippen LogP contribution in [0.4, 0.5) is 0 Å². The van der Waals surface area contributed by atoms with E-state index in [2.05, 4.69) is 25.7 Å². The van der Waals surface area contributed by atoms with Crippen molar-refractivity contribution in [3.05, 3.63) is 12.2 Å². The fraction of sp³-hybridized carbons (Fsp3) is 0.881. The van der Waals surface area contributed by atoms with Gasteiger partial charge in [-0.25, -0.2) is 4.79 Å². The van der Waals surface area contributed by atoms with E-state index in [-0.39, 0.29) is 12.8 Å². The first kappa shape index (κ1) is 47.1. The standard InChI is InChI=1S/C42H80N2O5/c1-4-6-8-10-12-14-16-18-20-22-24-26-28-30-34-39(41(46)44-38(42(47)48)33-31-35-43)49-40(45)36-37(3)32-29-27-25-23-21-19-17-15-13-11-9-7-5-2/h38-39H,3-36,43H2,1-2H3,(H,44,46)(H,47,48). The first-order valence-electron chi connectivity index (χ1n) is 20.9. The van der Waals surface area contributed by atoms with Gasteiger partial charge in [-0.1, -0.05) is 187 Å². The van der Waals surface area contributed by atoms with Crippen LogP contribution < -0.4 is 11.1 Å². The molecule has 0 aromatic heterocycles. The zero-order chi connectivity index (χ0) is 36.2. The SMILES string of the molecule is C=C(CCCCCCCCCCCCCCC)CC(=O)OC(CCCCCCCCCCCCCCCC)C(=O)NC(CCCN)C(=O)O. The second-order valence-corrected chi connectivity index (χ2v) is 14.6. The predicted molar refractivity (Wildman–Crippen MR) is 207 cm³/mol. The molecule has 0 aliphatic rings. The predicted octanol–water partition coefficient (Wildman–Crippen LogP) is 11.5. The molecule has 7 nitrogen and oxygen atoms in total. The van der Waals surface area contributed by atoms with Crippen LogP contribution >= 0.6 is 0 Å². The van der Waals surface area contributed by atoms with Gasteiger partial charge in [0, 0.05) is 0 Å². The molecule has 288 valence electrons. The molecule has 0 radical (unpaired) electrons. The maximum absolute atomic E-state index is 13.1. The molecule has 49 heavy (non-hydrogen) atoms. The van der Waals surface area contributed by atoms with Crippen molar-refractivity contribution in [3.63, 3.8) is 0 Å². The molecule has 4 N–H and O–H groups in total. The minimum absolute atomic E-state index is 0.0936. The van der Waals surface area contributed by atoms with Gasteiger partial charge >= 0.3 is 11.9 Å². The Morgan fingerprint density at radius 3 is 1.37 bits per heavy atom. The molecule has 0 heterocycles. The molecule has 0 spiro atoms. The molecule has 1 amide bonds. The van der Waals surface area contributed by atoms with Gasteiger partial charge in [-0.3, -0.25) is 9.59 Å². The first-order chi connectivity index (χ1) is 23.8. The zero-order valence-electron chi connectivity index (χ0n) is 32.4. The van der Waals surface area contributed by atoms with Gasteiger partial charge in [-0.15, -0.1) is 0 Å². The number of unbranched alkanes of at least 4 members (excludes halogenated alkanes) is 25. The quantitative estimate of drug-likeness (QED) is 0.0337. The summed E-state index contributed by atoms with van der Waals surface area (Å²) in [6.07, 6.45) is 35.1. The number of nitrogens with two attached hydrogens (primary N) is 1. The Morgan fingerprint density at radius 2 is 0.980 bits per heavy atom. The van der Waals surface area contributed by atoms with Gasteiger partial charge in [0.15, 0.2) is 6.10 Å². The van der Waals surface area contributed by atoms with Gasteiger partial charge in [0.2, 0.25) is 0 Å². The van der Waals surface area contributed by atoms with Crippen molar-refractivity contribution in [2.75, 3.05) is 6.54 Å². The average Bonchev–Trinajstić information content (AvgIpc) is 3.07. The summed E-state index contributed by atoms with van der Waals surface area (Å²) in [7, 11) is 0. The number of carboxylic acids is 1. The number of carbonyl (C=O) groups is 3. The van der Waals surface area contributed by atoms with E-state index in [1.807, 2.05) is 0 Å². The molecule has 0 saturated carbocycles. The smallest absolute Gasteiger partial charge is 0.326 e. The molecular weight excluding hydrogens is 612 g/mol. The average molecular weight is 693 g/mol. The second-order valence-electron chi connectivity index (χ2n) is 14.6. The third-order valence-corrected chi connectivity index (χ3v) is 9.73. The highest BCUT2D eigenvalue weighted by atomic mass is 16.5. The van der Waals surface area contributed by atoms with Crippen LogP contribution in [0.1, 0.15) is 219 Å². The van der Waals surface area contributed by atoms with Gasteiger partial charge in [0.25, 0.3) is 5.91 Å². The van der Waals surface area contributed by atoms with Crippen molar-refractivity contribution < 1.29 is 24.2 Å². The number of ether oxygens (including phenoxy) is 1. The highest BCUT2D eigenvalue weighted by Gasteiger charge is 2.27. The normalized spacial score (nSPS) is 12.5. The van der Waals surface area contributed by atoms with Crippen molar-refractivity contribution in [1.82, 2.24) is 5.32 Å². The van der Waals surface area contributed by atoms with Crippen LogP contribution in [0, 0.1) is 0 Å². The number of carbonyl (C=O) groups excluding carboxylic acids is 2. The van der Waals surface area contributed by atoms with Gasteiger partial charge in [0.1, 0.15) is 6.04 Å². The van der Waals surface area contributed by atoms with Crippen LogP contribution in [0.5, 0.6) is 0 Å². The first-order valence-corrected chi connectivity index (χ1v) is 20.9. The third-order valence-electron chi connectivity index (χ3n) is 9.73. The van der Waals surface area contributed by atoms with Gasteiger partial charge in [-0.05, 0) is 45.1 Å². The minimum Gasteiger partial charge on any atom is -0.480 e. The van der Waals surface area contributed by atoms with Crippen LogP contribution in [-0.4, -0.2) is 41.6 Å². The van der Waals surface area contributed by atoms with Crippen LogP contribution in [0.15, 0.2) is 12.2 Å². The fourth-order valence-electron chi connectivity index (χ4n) is 6.50. The van der Waals surface area contributed by atoms with E-state index in [1.165, 1.54) is 141 Å². The molecule has 0 rings (SSSR count). The van der Waals surface area contributed by atoms with E-state index in [0.29, 0.717) is 19.4 Å². The van der Waals surface area contributed by atoms with Gasteiger partial charge in [-0.2, -0.15) is 0 Å². The molecule has 0 aliphatic carbocycles. The number of rotatable bonds is 38. The lowest BCUT2D eigenvalue weighted by molar-refractivity contribution is -0.156. The number of aliphatic carboxylic acids is 1. The molecule has 7 heteroatoms. The highest BCUT2D eigenvalue weighted by molar-refractivity contribution is 5.88. The summed E-state index contributed by atoms with van der Waals surface area (Å²) in [4.78, 5) is 37.7. The Morgan fingerprint density at radius 1 is 0.592 bits per heavy atom. The lowest BCUT2D eigenvalue weighted by Crippen LogP contribution is -2.47. The second kappa shape index (κ2) is 35.9. The maximum Gasteiger partial charge on any atom is 0.326 e. The summed E-state index contributed by atoms with van der Waals surface area (Å²) in [6, 6.07) is -1.04. The number of amides is 1. The number of hydrogen-bond acceptors (Lipinski definition) is 5. The van der Waals surface area contributed by atoms with Crippen LogP contribution in [0.25, 0.3) is 0 Å².